The van der Waals surface area contributed by atoms with Crippen LogP contribution in [0.2, 0.25) is 0 Å². The first-order chi connectivity index (χ1) is 14.0. The van der Waals surface area contributed by atoms with Crippen LogP contribution in [0, 0.1) is 5.82 Å². The zero-order chi connectivity index (χ0) is 20.4. The van der Waals surface area contributed by atoms with E-state index < -0.39 is 18.0 Å². The van der Waals surface area contributed by atoms with Crippen LogP contribution < -0.4 is 10.2 Å². The fourth-order valence-corrected chi connectivity index (χ4v) is 3.18. The fraction of sp³-hybridized carbons (Fsp3) is 0.200. The SMILES string of the molecule is CC(=O)NC[C@H]1CN(c2ccc(-c3[nH]ncc3-c3ccccn3)c(F)c2)C(=O)O1. The van der Waals surface area contributed by atoms with Gasteiger partial charge in [-0.25, -0.2) is 9.18 Å². The summed E-state index contributed by atoms with van der Waals surface area (Å²) in [5.74, 6) is -0.722. The van der Waals surface area contributed by atoms with Crippen molar-refractivity contribution >= 4 is 17.7 Å². The molecule has 8 nitrogen and oxygen atoms in total. The van der Waals surface area contributed by atoms with Crippen LogP contribution in [0.4, 0.5) is 14.9 Å². The van der Waals surface area contributed by atoms with Crippen LogP contribution >= 0.6 is 0 Å². The standard InChI is InChI=1S/C20H18FN5O3/c1-12(27)23-9-14-11-26(20(28)29-14)13-5-6-15(17(21)8-13)19-16(10-24-25-19)18-4-2-3-7-22-18/h2-8,10,14H,9,11H2,1H3,(H,23,27)(H,24,25)/t14-/m0/s1. The number of ether oxygens (including phenoxy) is 1. The molecular formula is C20H18FN5O3. The third kappa shape index (κ3) is 3.79. The highest BCUT2D eigenvalue weighted by Crippen LogP contribution is 2.33. The number of pyridine rings is 1. The second kappa shape index (κ2) is 7.70. The third-order valence-electron chi connectivity index (χ3n) is 4.57. The highest BCUT2D eigenvalue weighted by atomic mass is 19.1. The Morgan fingerprint density at radius 2 is 2.21 bits per heavy atom. The van der Waals surface area contributed by atoms with E-state index in [-0.39, 0.29) is 19.0 Å². The number of aromatic amines is 1. The largest absolute Gasteiger partial charge is 0.442 e. The first-order valence-electron chi connectivity index (χ1n) is 9.00. The monoisotopic (exact) mass is 395 g/mol. The minimum atomic E-state index is -0.580. The number of aromatic nitrogens is 3. The van der Waals surface area contributed by atoms with Gasteiger partial charge in [-0.15, -0.1) is 0 Å². The molecule has 1 saturated heterocycles. The number of carbonyl (C=O) groups is 2. The van der Waals surface area contributed by atoms with Gasteiger partial charge < -0.3 is 10.1 Å². The van der Waals surface area contributed by atoms with E-state index in [0.717, 1.165) is 0 Å². The summed E-state index contributed by atoms with van der Waals surface area (Å²) in [6, 6.07) is 9.96. The minimum Gasteiger partial charge on any atom is -0.442 e. The van der Waals surface area contributed by atoms with Crippen LogP contribution in [0.25, 0.3) is 22.5 Å². The Morgan fingerprint density at radius 1 is 1.34 bits per heavy atom. The van der Waals surface area contributed by atoms with E-state index in [2.05, 4.69) is 20.5 Å². The quantitative estimate of drug-likeness (QED) is 0.692. The third-order valence-corrected chi connectivity index (χ3v) is 4.57. The van der Waals surface area contributed by atoms with Gasteiger partial charge >= 0.3 is 6.09 Å². The predicted molar refractivity (Wildman–Crippen MR) is 104 cm³/mol. The fourth-order valence-electron chi connectivity index (χ4n) is 3.18. The number of nitrogens with zero attached hydrogens (tertiary/aromatic N) is 3. The summed E-state index contributed by atoms with van der Waals surface area (Å²) in [6.07, 6.45) is 2.18. The molecule has 2 amide bonds. The second-order valence-electron chi connectivity index (χ2n) is 6.59. The molecule has 1 atom stereocenters. The molecule has 0 spiro atoms. The lowest BCUT2D eigenvalue weighted by atomic mass is 10.0. The van der Waals surface area contributed by atoms with Crippen LogP contribution in [-0.2, 0) is 9.53 Å². The van der Waals surface area contributed by atoms with Crippen LogP contribution in [-0.4, -0.2) is 46.4 Å². The molecule has 1 fully saturated rings. The number of rotatable bonds is 5. The number of nitrogens with one attached hydrogen (secondary N) is 2. The van der Waals surface area contributed by atoms with Crippen molar-refractivity contribution in [3.05, 3.63) is 54.6 Å². The lowest BCUT2D eigenvalue weighted by molar-refractivity contribution is -0.119. The molecule has 1 aliphatic rings. The van der Waals surface area contributed by atoms with Gasteiger partial charge in [0.1, 0.15) is 11.9 Å². The Balaban J connectivity index is 1.58. The zero-order valence-corrected chi connectivity index (χ0v) is 15.6. The highest BCUT2D eigenvalue weighted by molar-refractivity contribution is 5.90. The number of benzene rings is 1. The lowest BCUT2D eigenvalue weighted by Crippen LogP contribution is -2.33. The maximum Gasteiger partial charge on any atom is 0.414 e. The van der Waals surface area contributed by atoms with E-state index in [1.54, 1.807) is 30.6 Å². The van der Waals surface area contributed by atoms with Gasteiger partial charge in [-0.1, -0.05) is 6.07 Å². The maximum atomic E-state index is 14.9. The van der Waals surface area contributed by atoms with Crippen molar-refractivity contribution < 1.29 is 18.7 Å². The summed E-state index contributed by atoms with van der Waals surface area (Å²) in [7, 11) is 0. The molecule has 1 aromatic carbocycles. The highest BCUT2D eigenvalue weighted by Gasteiger charge is 2.32. The van der Waals surface area contributed by atoms with E-state index in [1.165, 1.54) is 17.9 Å². The van der Waals surface area contributed by atoms with E-state index in [1.807, 2.05) is 12.1 Å². The number of cyclic esters (lactones) is 1. The number of hydrogen-bond acceptors (Lipinski definition) is 5. The molecule has 0 saturated carbocycles. The van der Waals surface area contributed by atoms with E-state index >= 15 is 0 Å². The molecule has 0 bridgehead atoms. The number of halogens is 1. The molecule has 0 radical (unpaired) electrons. The first kappa shape index (κ1) is 18.6. The molecule has 0 unspecified atom stereocenters. The summed E-state index contributed by atoms with van der Waals surface area (Å²) >= 11 is 0. The summed E-state index contributed by atoms with van der Waals surface area (Å²) in [5, 5.41) is 9.45. The molecule has 3 aromatic rings. The second-order valence-corrected chi connectivity index (χ2v) is 6.59. The molecule has 2 N–H and O–H groups in total. The van der Waals surface area contributed by atoms with Crippen molar-refractivity contribution in [2.45, 2.75) is 13.0 Å². The Kier molecular flexibility index (Phi) is 4.94. The zero-order valence-electron chi connectivity index (χ0n) is 15.6. The van der Waals surface area contributed by atoms with Gasteiger partial charge in [-0.3, -0.25) is 19.8 Å². The van der Waals surface area contributed by atoms with Crippen molar-refractivity contribution in [3.63, 3.8) is 0 Å². The number of H-pyrrole nitrogens is 1. The van der Waals surface area contributed by atoms with Gasteiger partial charge in [-0.05, 0) is 30.3 Å². The number of amides is 2. The predicted octanol–water partition coefficient (Wildman–Crippen LogP) is 2.74. The number of anilines is 1. The molecule has 4 rings (SSSR count). The number of carbonyl (C=O) groups excluding carboxylic acids is 2. The van der Waals surface area contributed by atoms with Gasteiger partial charge in [0.15, 0.2) is 0 Å². The van der Waals surface area contributed by atoms with Crippen molar-refractivity contribution in [1.82, 2.24) is 20.5 Å². The van der Waals surface area contributed by atoms with Crippen molar-refractivity contribution in [2.24, 2.45) is 0 Å². The van der Waals surface area contributed by atoms with Crippen molar-refractivity contribution in [2.75, 3.05) is 18.0 Å². The normalized spacial score (nSPS) is 16.0. The molecular weight excluding hydrogens is 377 g/mol. The Labute approximate surface area is 165 Å². The van der Waals surface area contributed by atoms with Crippen molar-refractivity contribution in [1.29, 1.82) is 0 Å². The average Bonchev–Trinajstić information content (AvgIpc) is 3.33. The van der Waals surface area contributed by atoms with Gasteiger partial charge in [-0.2, -0.15) is 5.10 Å². The van der Waals surface area contributed by atoms with Crippen LogP contribution in [0.1, 0.15) is 6.92 Å². The smallest absolute Gasteiger partial charge is 0.414 e. The molecule has 1 aliphatic heterocycles. The Hall–Kier alpha value is -3.75. The molecule has 0 aliphatic carbocycles. The molecule has 2 aromatic heterocycles. The van der Waals surface area contributed by atoms with Gasteiger partial charge in [0.2, 0.25) is 5.91 Å². The van der Waals surface area contributed by atoms with Gasteiger partial charge in [0.05, 0.1) is 36.4 Å². The van der Waals surface area contributed by atoms with Gasteiger partial charge in [0, 0.05) is 24.2 Å². The van der Waals surface area contributed by atoms with Crippen LogP contribution in [0.3, 0.4) is 0 Å². The van der Waals surface area contributed by atoms with Crippen LogP contribution in [0.5, 0.6) is 0 Å². The van der Waals surface area contributed by atoms with Crippen molar-refractivity contribution in [3.8, 4) is 22.5 Å². The topological polar surface area (TPSA) is 100 Å². The summed E-state index contributed by atoms with van der Waals surface area (Å²) in [6.45, 7) is 1.82. The molecule has 9 heteroatoms. The van der Waals surface area contributed by atoms with E-state index in [9.17, 15) is 14.0 Å². The average molecular weight is 395 g/mol. The first-order valence-corrected chi connectivity index (χ1v) is 9.00. The van der Waals surface area contributed by atoms with E-state index in [0.29, 0.717) is 28.2 Å². The summed E-state index contributed by atoms with van der Waals surface area (Å²) in [5.41, 5.74) is 2.53. The lowest BCUT2D eigenvalue weighted by Gasteiger charge is -2.14. The minimum absolute atomic E-state index is 0.208. The number of hydrogen-bond donors (Lipinski definition) is 2. The molecule has 148 valence electrons. The van der Waals surface area contributed by atoms with Crippen LogP contribution in [0.15, 0.2) is 48.8 Å². The molecule has 29 heavy (non-hydrogen) atoms. The maximum absolute atomic E-state index is 14.9. The Morgan fingerprint density at radius 3 is 2.93 bits per heavy atom. The Bertz CT molecular complexity index is 1050. The van der Waals surface area contributed by atoms with Gasteiger partial charge in [0.25, 0.3) is 0 Å². The summed E-state index contributed by atoms with van der Waals surface area (Å²) < 4.78 is 20.2. The summed E-state index contributed by atoms with van der Waals surface area (Å²) in [4.78, 5) is 28.8. The van der Waals surface area contributed by atoms with E-state index in [4.69, 9.17) is 4.74 Å². The molecule has 3 heterocycles.